The minimum absolute atomic E-state index is 0.132. The molecule has 1 heterocycles. The standard InChI is InChI=1S/C23H15NO4/c25-21-14-15-22(26)24(21)17-10-12-18(13-11-17)28-20-9-5-4-8-19(20)23(27)16-6-2-1-3-7-16/h1-15H. The molecule has 0 saturated carbocycles. The van der Waals surface area contributed by atoms with Gasteiger partial charge in [-0.2, -0.15) is 0 Å². The monoisotopic (exact) mass is 369 g/mol. The highest BCUT2D eigenvalue weighted by molar-refractivity contribution is 6.28. The molecule has 0 aromatic heterocycles. The van der Waals surface area contributed by atoms with Crippen LogP contribution in [0.15, 0.2) is 91.0 Å². The molecule has 0 aliphatic carbocycles. The van der Waals surface area contributed by atoms with Crippen molar-refractivity contribution in [2.24, 2.45) is 0 Å². The lowest BCUT2D eigenvalue weighted by molar-refractivity contribution is -0.119. The summed E-state index contributed by atoms with van der Waals surface area (Å²) in [7, 11) is 0. The summed E-state index contributed by atoms with van der Waals surface area (Å²) in [4.78, 5) is 37.4. The first kappa shape index (κ1) is 17.4. The van der Waals surface area contributed by atoms with Crippen molar-refractivity contribution in [3.8, 4) is 11.5 Å². The lowest BCUT2D eigenvalue weighted by Gasteiger charge is -2.15. The number of ether oxygens (including phenoxy) is 1. The van der Waals surface area contributed by atoms with E-state index in [1.54, 1.807) is 60.7 Å². The molecule has 28 heavy (non-hydrogen) atoms. The maximum absolute atomic E-state index is 12.8. The molecule has 0 N–H and O–H groups in total. The van der Waals surface area contributed by atoms with E-state index in [2.05, 4.69) is 0 Å². The average molecular weight is 369 g/mol. The molecule has 5 heteroatoms. The first-order chi connectivity index (χ1) is 13.6. The van der Waals surface area contributed by atoms with Crippen molar-refractivity contribution >= 4 is 23.3 Å². The Hall–Kier alpha value is -3.99. The summed E-state index contributed by atoms with van der Waals surface area (Å²) in [5.41, 5.74) is 1.49. The van der Waals surface area contributed by atoms with Crippen molar-refractivity contribution in [1.29, 1.82) is 0 Å². The molecule has 4 rings (SSSR count). The van der Waals surface area contributed by atoms with E-state index in [0.29, 0.717) is 28.3 Å². The van der Waals surface area contributed by atoms with E-state index in [-0.39, 0.29) is 17.6 Å². The predicted molar refractivity (Wildman–Crippen MR) is 104 cm³/mol. The molecule has 0 radical (unpaired) electrons. The maximum Gasteiger partial charge on any atom is 0.258 e. The maximum atomic E-state index is 12.8. The van der Waals surface area contributed by atoms with Crippen molar-refractivity contribution in [1.82, 2.24) is 0 Å². The number of amides is 2. The zero-order chi connectivity index (χ0) is 19.5. The number of ketones is 1. The smallest absolute Gasteiger partial charge is 0.258 e. The first-order valence-electron chi connectivity index (χ1n) is 8.66. The molecular formula is C23H15NO4. The predicted octanol–water partition coefficient (Wildman–Crippen LogP) is 4.14. The summed E-state index contributed by atoms with van der Waals surface area (Å²) in [5.74, 6) is 0.0327. The SMILES string of the molecule is O=C(c1ccccc1)c1ccccc1Oc1ccc(N2C(=O)C=CC2=O)cc1. The lowest BCUT2D eigenvalue weighted by Crippen LogP contribution is -2.29. The Morgan fingerprint density at radius 3 is 2.00 bits per heavy atom. The Bertz CT molecular complexity index is 1070. The van der Waals surface area contributed by atoms with Gasteiger partial charge in [-0.3, -0.25) is 14.4 Å². The fourth-order valence-corrected chi connectivity index (χ4v) is 2.93. The van der Waals surface area contributed by atoms with Crippen LogP contribution in [-0.2, 0) is 9.59 Å². The zero-order valence-electron chi connectivity index (χ0n) is 14.7. The average Bonchev–Trinajstić information content (AvgIpc) is 3.07. The van der Waals surface area contributed by atoms with Gasteiger partial charge in [-0.15, -0.1) is 0 Å². The van der Waals surface area contributed by atoms with E-state index in [9.17, 15) is 14.4 Å². The van der Waals surface area contributed by atoms with Crippen LogP contribution in [0.5, 0.6) is 11.5 Å². The van der Waals surface area contributed by atoms with Gasteiger partial charge in [0.1, 0.15) is 11.5 Å². The van der Waals surface area contributed by atoms with Crippen LogP contribution in [0.4, 0.5) is 5.69 Å². The fourth-order valence-electron chi connectivity index (χ4n) is 2.93. The number of hydrogen-bond donors (Lipinski definition) is 0. The molecule has 5 nitrogen and oxygen atoms in total. The Balaban J connectivity index is 1.58. The molecule has 1 aliphatic rings. The topological polar surface area (TPSA) is 63.7 Å². The Labute approximate surface area is 161 Å². The zero-order valence-corrected chi connectivity index (χ0v) is 14.7. The van der Waals surface area contributed by atoms with Gasteiger partial charge in [-0.1, -0.05) is 42.5 Å². The van der Waals surface area contributed by atoms with Crippen molar-refractivity contribution in [3.63, 3.8) is 0 Å². The van der Waals surface area contributed by atoms with Gasteiger partial charge in [-0.05, 0) is 36.4 Å². The summed E-state index contributed by atoms with van der Waals surface area (Å²) in [5, 5.41) is 0. The van der Waals surface area contributed by atoms with Gasteiger partial charge < -0.3 is 4.74 Å². The molecule has 0 spiro atoms. The van der Waals surface area contributed by atoms with E-state index < -0.39 is 0 Å². The van der Waals surface area contributed by atoms with Crippen LogP contribution in [0.1, 0.15) is 15.9 Å². The van der Waals surface area contributed by atoms with E-state index >= 15 is 0 Å². The third kappa shape index (κ3) is 3.33. The van der Waals surface area contributed by atoms with Crippen LogP contribution in [0, 0.1) is 0 Å². The summed E-state index contributed by atoms with van der Waals surface area (Å²) < 4.78 is 5.90. The quantitative estimate of drug-likeness (QED) is 0.501. The summed E-state index contributed by atoms with van der Waals surface area (Å²) in [6, 6.07) is 22.5. The molecule has 0 fully saturated rings. The normalized spacial score (nSPS) is 13.1. The van der Waals surface area contributed by atoms with Gasteiger partial charge in [0.2, 0.25) is 0 Å². The van der Waals surface area contributed by atoms with Gasteiger partial charge in [0.05, 0.1) is 11.3 Å². The molecule has 0 atom stereocenters. The molecular weight excluding hydrogens is 354 g/mol. The van der Waals surface area contributed by atoms with Crippen LogP contribution in [-0.4, -0.2) is 17.6 Å². The van der Waals surface area contributed by atoms with Crippen molar-refractivity contribution in [2.45, 2.75) is 0 Å². The second kappa shape index (κ2) is 7.32. The minimum atomic E-state index is -0.377. The van der Waals surface area contributed by atoms with Gasteiger partial charge in [0, 0.05) is 17.7 Å². The highest BCUT2D eigenvalue weighted by atomic mass is 16.5. The second-order valence-electron chi connectivity index (χ2n) is 6.13. The third-order valence-corrected chi connectivity index (χ3v) is 4.30. The molecule has 0 unspecified atom stereocenters. The Morgan fingerprint density at radius 1 is 0.714 bits per heavy atom. The minimum Gasteiger partial charge on any atom is -0.457 e. The summed E-state index contributed by atoms with van der Waals surface area (Å²) >= 11 is 0. The molecule has 3 aromatic carbocycles. The number of nitrogens with zero attached hydrogens (tertiary/aromatic N) is 1. The molecule has 0 bridgehead atoms. The van der Waals surface area contributed by atoms with E-state index in [1.807, 2.05) is 18.2 Å². The molecule has 1 aliphatic heterocycles. The number of hydrogen-bond acceptors (Lipinski definition) is 4. The number of anilines is 1. The van der Waals surface area contributed by atoms with Crippen LogP contribution >= 0.6 is 0 Å². The van der Waals surface area contributed by atoms with E-state index in [0.717, 1.165) is 4.90 Å². The van der Waals surface area contributed by atoms with E-state index in [4.69, 9.17) is 4.74 Å². The molecule has 3 aromatic rings. The molecule has 0 saturated heterocycles. The largest absolute Gasteiger partial charge is 0.457 e. The van der Waals surface area contributed by atoms with Gasteiger partial charge in [-0.25, -0.2) is 4.90 Å². The van der Waals surface area contributed by atoms with Gasteiger partial charge in [0.25, 0.3) is 11.8 Å². The van der Waals surface area contributed by atoms with Crippen LogP contribution in [0.3, 0.4) is 0 Å². The molecule has 2 amide bonds. The van der Waals surface area contributed by atoms with Crippen molar-refractivity contribution in [3.05, 3.63) is 102 Å². The number of imide groups is 1. The Kier molecular flexibility index (Phi) is 4.56. The van der Waals surface area contributed by atoms with Gasteiger partial charge >= 0.3 is 0 Å². The number of carbonyl (C=O) groups is 3. The van der Waals surface area contributed by atoms with Gasteiger partial charge in [0.15, 0.2) is 5.78 Å². The number of carbonyl (C=O) groups excluding carboxylic acids is 3. The lowest BCUT2D eigenvalue weighted by atomic mass is 10.0. The second-order valence-corrected chi connectivity index (χ2v) is 6.13. The van der Waals surface area contributed by atoms with Crippen molar-refractivity contribution < 1.29 is 19.1 Å². The third-order valence-electron chi connectivity index (χ3n) is 4.30. The molecule has 136 valence electrons. The summed E-state index contributed by atoms with van der Waals surface area (Å²) in [6.07, 6.45) is 2.47. The fraction of sp³-hybridized carbons (Fsp3) is 0. The van der Waals surface area contributed by atoms with E-state index in [1.165, 1.54) is 12.2 Å². The van der Waals surface area contributed by atoms with Crippen LogP contribution in [0.2, 0.25) is 0 Å². The van der Waals surface area contributed by atoms with Crippen LogP contribution < -0.4 is 9.64 Å². The highest BCUT2D eigenvalue weighted by Crippen LogP contribution is 2.29. The van der Waals surface area contributed by atoms with Crippen molar-refractivity contribution in [2.75, 3.05) is 4.90 Å². The number of rotatable bonds is 5. The van der Waals surface area contributed by atoms with Crippen LogP contribution in [0.25, 0.3) is 0 Å². The summed E-state index contributed by atoms with van der Waals surface area (Å²) in [6.45, 7) is 0. The number of para-hydroxylation sites is 1. The highest BCUT2D eigenvalue weighted by Gasteiger charge is 2.25. The number of benzene rings is 3. The first-order valence-corrected chi connectivity index (χ1v) is 8.66. The Morgan fingerprint density at radius 2 is 1.32 bits per heavy atom.